The number of nitrogens with one attached hydrogen (secondary N) is 1. The maximum absolute atomic E-state index is 10.4. The van der Waals surface area contributed by atoms with E-state index in [1.165, 1.54) is 11.5 Å². The molecule has 0 spiro atoms. The number of ether oxygens (including phenoxy) is 1. The highest BCUT2D eigenvalue weighted by Crippen LogP contribution is 2.11. The van der Waals surface area contributed by atoms with Crippen LogP contribution in [0.25, 0.3) is 0 Å². The molecule has 3 N–H and O–H groups in total. The molecule has 90 valence electrons. The molecule has 1 rings (SSSR count). The summed E-state index contributed by atoms with van der Waals surface area (Å²) in [6.45, 7) is 3.06. The summed E-state index contributed by atoms with van der Waals surface area (Å²) in [5.74, 6) is 0.411. The van der Waals surface area contributed by atoms with Gasteiger partial charge in [-0.25, -0.2) is 4.98 Å². The van der Waals surface area contributed by atoms with E-state index in [1.807, 2.05) is 0 Å². The lowest BCUT2D eigenvalue weighted by atomic mass is 10.3. The van der Waals surface area contributed by atoms with E-state index in [0.29, 0.717) is 13.2 Å². The lowest BCUT2D eigenvalue weighted by Crippen LogP contribution is -2.20. The Bertz CT molecular complexity index is 329. The Morgan fingerprint density at radius 3 is 3.12 bits per heavy atom. The number of rotatable bonds is 8. The fourth-order valence-corrected chi connectivity index (χ4v) is 1.69. The smallest absolute Gasteiger partial charge is 0.243 e. The number of primary amides is 1. The van der Waals surface area contributed by atoms with Crippen molar-refractivity contribution in [1.29, 1.82) is 0 Å². The number of hydrogen-bond donors (Lipinski definition) is 2. The molecule has 1 aromatic rings. The number of aryl methyl sites for hydroxylation is 1. The van der Waals surface area contributed by atoms with Crippen LogP contribution in [0.15, 0.2) is 0 Å². The zero-order valence-corrected chi connectivity index (χ0v) is 10.0. The molecular weight excluding hydrogens is 228 g/mol. The molecule has 16 heavy (non-hydrogen) atoms. The summed E-state index contributed by atoms with van der Waals surface area (Å²) in [4.78, 5) is 14.6. The summed E-state index contributed by atoms with van der Waals surface area (Å²) in [6, 6.07) is 0. The number of nitrogens with zero attached hydrogens (tertiary/aromatic N) is 2. The monoisotopic (exact) mass is 244 g/mol. The normalized spacial score (nSPS) is 10.3. The molecule has 0 radical (unpaired) electrons. The second-order valence-corrected chi connectivity index (χ2v) is 3.96. The highest BCUT2D eigenvalue weighted by Gasteiger charge is 2.02. The molecule has 0 fully saturated rings. The van der Waals surface area contributed by atoms with E-state index in [9.17, 15) is 4.79 Å². The minimum Gasteiger partial charge on any atom is -0.370 e. The second kappa shape index (κ2) is 7.13. The van der Waals surface area contributed by atoms with E-state index < -0.39 is 5.91 Å². The van der Waals surface area contributed by atoms with Gasteiger partial charge in [-0.2, -0.15) is 4.37 Å². The summed E-state index contributed by atoms with van der Waals surface area (Å²) in [5, 5.41) is 3.85. The minimum atomic E-state index is -0.457. The van der Waals surface area contributed by atoms with E-state index in [1.54, 1.807) is 0 Å². The van der Waals surface area contributed by atoms with Gasteiger partial charge in [-0.3, -0.25) is 4.79 Å². The van der Waals surface area contributed by atoms with Crippen LogP contribution in [0.2, 0.25) is 0 Å². The molecular formula is C9H16N4O2S. The average Bonchev–Trinajstić information content (AvgIpc) is 2.65. The second-order valence-electron chi connectivity index (χ2n) is 3.21. The average molecular weight is 244 g/mol. The molecule has 1 heterocycles. The molecule has 7 heteroatoms. The van der Waals surface area contributed by atoms with Crippen molar-refractivity contribution in [3.63, 3.8) is 0 Å². The molecule has 0 unspecified atom stereocenters. The number of amides is 1. The van der Waals surface area contributed by atoms with Gasteiger partial charge in [-0.05, 0) is 6.42 Å². The first-order valence-corrected chi connectivity index (χ1v) is 5.92. The largest absolute Gasteiger partial charge is 0.370 e. The van der Waals surface area contributed by atoms with Gasteiger partial charge in [0.2, 0.25) is 11.0 Å². The first-order chi connectivity index (χ1) is 7.72. The van der Waals surface area contributed by atoms with Gasteiger partial charge < -0.3 is 15.8 Å². The Balaban J connectivity index is 2.14. The molecule has 0 aromatic carbocycles. The first kappa shape index (κ1) is 12.9. The number of carbonyl (C=O) groups excluding carboxylic acids is 1. The maximum Gasteiger partial charge on any atom is 0.243 e. The Morgan fingerprint density at radius 2 is 2.44 bits per heavy atom. The minimum absolute atomic E-state index is 0.0428. The highest BCUT2D eigenvalue weighted by atomic mass is 32.1. The number of aromatic nitrogens is 2. The van der Waals surface area contributed by atoms with Gasteiger partial charge in [0.1, 0.15) is 12.4 Å². The van der Waals surface area contributed by atoms with Crippen molar-refractivity contribution in [2.45, 2.75) is 19.8 Å². The maximum atomic E-state index is 10.4. The zero-order chi connectivity index (χ0) is 11.8. The van der Waals surface area contributed by atoms with E-state index in [-0.39, 0.29) is 6.61 Å². The van der Waals surface area contributed by atoms with Crippen LogP contribution in [0, 0.1) is 0 Å². The summed E-state index contributed by atoms with van der Waals surface area (Å²) in [7, 11) is 0. The van der Waals surface area contributed by atoms with Gasteiger partial charge in [0.15, 0.2) is 0 Å². The van der Waals surface area contributed by atoms with Crippen molar-refractivity contribution in [2.75, 3.05) is 25.1 Å². The van der Waals surface area contributed by atoms with E-state index >= 15 is 0 Å². The van der Waals surface area contributed by atoms with Crippen molar-refractivity contribution >= 4 is 22.6 Å². The number of hydrogen-bond acceptors (Lipinski definition) is 6. The van der Waals surface area contributed by atoms with Gasteiger partial charge >= 0.3 is 0 Å². The zero-order valence-electron chi connectivity index (χ0n) is 9.23. The Labute approximate surface area is 98.4 Å². The van der Waals surface area contributed by atoms with Crippen LogP contribution < -0.4 is 11.1 Å². The van der Waals surface area contributed by atoms with Crippen LogP contribution >= 0.6 is 11.5 Å². The van der Waals surface area contributed by atoms with Gasteiger partial charge in [-0.15, -0.1) is 0 Å². The van der Waals surface area contributed by atoms with Crippen LogP contribution in [0.5, 0.6) is 0 Å². The Morgan fingerprint density at radius 1 is 1.62 bits per heavy atom. The van der Waals surface area contributed by atoms with Crippen LogP contribution in [0.1, 0.15) is 19.2 Å². The van der Waals surface area contributed by atoms with Crippen molar-refractivity contribution in [3.05, 3.63) is 5.82 Å². The summed E-state index contributed by atoms with van der Waals surface area (Å²) in [5.41, 5.74) is 4.92. The van der Waals surface area contributed by atoms with Gasteiger partial charge in [0.25, 0.3) is 0 Å². The Kier molecular flexibility index (Phi) is 5.73. The van der Waals surface area contributed by atoms with E-state index in [4.69, 9.17) is 10.5 Å². The topological polar surface area (TPSA) is 90.1 Å². The predicted octanol–water partition coefficient (Wildman–Crippen LogP) is 0.404. The third-order valence-electron chi connectivity index (χ3n) is 1.71. The Hall–Kier alpha value is -1.21. The SMILES string of the molecule is CCCc1nsc(NCCOCC(N)=O)n1. The molecule has 6 nitrogen and oxygen atoms in total. The fraction of sp³-hybridized carbons (Fsp3) is 0.667. The van der Waals surface area contributed by atoms with Gasteiger partial charge in [-0.1, -0.05) is 6.92 Å². The molecule has 0 aliphatic heterocycles. The highest BCUT2D eigenvalue weighted by molar-refractivity contribution is 7.09. The third-order valence-corrected chi connectivity index (χ3v) is 2.42. The molecule has 1 aromatic heterocycles. The number of anilines is 1. The first-order valence-electron chi connectivity index (χ1n) is 5.15. The quantitative estimate of drug-likeness (QED) is 0.646. The van der Waals surface area contributed by atoms with Crippen molar-refractivity contribution in [1.82, 2.24) is 9.36 Å². The molecule has 0 saturated carbocycles. The summed E-state index contributed by atoms with van der Waals surface area (Å²) < 4.78 is 9.18. The van der Waals surface area contributed by atoms with Crippen molar-refractivity contribution in [2.24, 2.45) is 5.73 Å². The van der Waals surface area contributed by atoms with E-state index in [2.05, 4.69) is 21.6 Å². The van der Waals surface area contributed by atoms with Crippen LogP contribution in [0.4, 0.5) is 5.13 Å². The van der Waals surface area contributed by atoms with Crippen molar-refractivity contribution < 1.29 is 9.53 Å². The molecule has 0 atom stereocenters. The molecule has 0 saturated heterocycles. The van der Waals surface area contributed by atoms with Crippen molar-refractivity contribution in [3.8, 4) is 0 Å². The summed E-state index contributed by atoms with van der Waals surface area (Å²) in [6.07, 6.45) is 1.94. The van der Waals surface area contributed by atoms with Crippen LogP contribution in [-0.2, 0) is 16.0 Å². The lowest BCUT2D eigenvalue weighted by molar-refractivity contribution is -0.122. The molecule has 0 aliphatic carbocycles. The van der Waals surface area contributed by atoms with Crippen LogP contribution in [-0.4, -0.2) is 35.0 Å². The predicted molar refractivity (Wildman–Crippen MR) is 62.4 cm³/mol. The summed E-state index contributed by atoms with van der Waals surface area (Å²) >= 11 is 1.33. The number of carbonyl (C=O) groups is 1. The third kappa shape index (κ3) is 5.04. The van der Waals surface area contributed by atoms with Crippen LogP contribution in [0.3, 0.4) is 0 Å². The van der Waals surface area contributed by atoms with Gasteiger partial charge in [0.05, 0.1) is 6.61 Å². The lowest BCUT2D eigenvalue weighted by Gasteiger charge is -2.01. The number of nitrogens with two attached hydrogens (primary N) is 1. The molecule has 0 aliphatic rings. The molecule has 0 bridgehead atoms. The standard InChI is InChI=1S/C9H16N4O2S/c1-2-3-8-12-9(16-13-8)11-4-5-15-6-7(10)14/h2-6H2,1H3,(H2,10,14)(H,11,12,13). The van der Waals surface area contributed by atoms with Gasteiger partial charge in [0, 0.05) is 24.5 Å². The molecule has 1 amide bonds. The van der Waals surface area contributed by atoms with E-state index in [0.717, 1.165) is 23.8 Å². The fourth-order valence-electron chi connectivity index (χ4n) is 1.05.